The van der Waals surface area contributed by atoms with Crippen molar-refractivity contribution in [1.29, 1.82) is 0 Å². The van der Waals surface area contributed by atoms with E-state index in [0.717, 1.165) is 0 Å². The molecule has 8 heteroatoms. The molecule has 0 aliphatic rings. The minimum Gasteiger partial charge on any atom is -0.480 e. The molecule has 0 aliphatic carbocycles. The molecule has 0 saturated carbocycles. The van der Waals surface area contributed by atoms with Gasteiger partial charge in [-0.15, -0.1) is 0 Å². The van der Waals surface area contributed by atoms with Gasteiger partial charge < -0.3 is 25.8 Å². The molecule has 0 bridgehead atoms. The Morgan fingerprint density at radius 2 is 1.89 bits per heavy atom. The molecule has 0 rings (SSSR count). The minimum absolute atomic E-state index is 0.154. The third kappa shape index (κ3) is 6.04. The van der Waals surface area contributed by atoms with Gasteiger partial charge in [0.05, 0.1) is 6.61 Å². The zero-order valence-electron chi connectivity index (χ0n) is 10.6. The molecule has 0 aromatic heterocycles. The highest BCUT2D eigenvalue weighted by Crippen LogP contribution is 1.87. The van der Waals surface area contributed by atoms with Crippen molar-refractivity contribution in [3.63, 3.8) is 0 Å². The monoisotopic (exact) mass is 261 g/mol. The highest BCUT2D eigenvalue weighted by Gasteiger charge is 2.21. The van der Waals surface area contributed by atoms with Gasteiger partial charge in [0.15, 0.2) is 6.04 Å². The molecule has 4 N–H and O–H groups in total. The van der Waals surface area contributed by atoms with Crippen LogP contribution in [0.4, 0.5) is 4.79 Å². The summed E-state index contributed by atoms with van der Waals surface area (Å²) in [5.74, 6) is -1.55. The van der Waals surface area contributed by atoms with Crippen LogP contribution in [0.2, 0.25) is 0 Å². The number of carbonyl (C=O) groups excluding carboxylic acids is 2. The van der Waals surface area contributed by atoms with Crippen molar-refractivity contribution in [1.82, 2.24) is 16.0 Å². The van der Waals surface area contributed by atoms with Gasteiger partial charge in [-0.3, -0.25) is 4.79 Å². The van der Waals surface area contributed by atoms with E-state index < -0.39 is 24.1 Å². The number of carboxylic acid groups (broad SMARTS) is 1. The first-order valence-electron chi connectivity index (χ1n) is 5.48. The highest BCUT2D eigenvalue weighted by atomic mass is 16.5. The number of carbonyl (C=O) groups is 3. The predicted molar refractivity (Wildman–Crippen MR) is 63.1 cm³/mol. The molecule has 0 heterocycles. The molecular formula is C10H19N3O5. The fourth-order valence-electron chi connectivity index (χ4n) is 1.13. The third-order valence-corrected chi connectivity index (χ3v) is 2.03. The fraction of sp³-hybridized carbons (Fsp3) is 0.700. The van der Waals surface area contributed by atoms with Crippen LogP contribution in [-0.2, 0) is 14.3 Å². The summed E-state index contributed by atoms with van der Waals surface area (Å²) in [5, 5.41) is 15.8. The third-order valence-electron chi connectivity index (χ3n) is 2.03. The second-order valence-electron chi connectivity index (χ2n) is 3.58. The number of rotatable bonds is 7. The van der Waals surface area contributed by atoms with E-state index in [0.29, 0.717) is 6.54 Å². The van der Waals surface area contributed by atoms with E-state index in [1.54, 1.807) is 6.92 Å². The molecule has 0 radical (unpaired) electrons. The summed E-state index contributed by atoms with van der Waals surface area (Å²) >= 11 is 0. The highest BCUT2D eigenvalue weighted by molar-refractivity contribution is 5.88. The van der Waals surface area contributed by atoms with Gasteiger partial charge >= 0.3 is 12.0 Å². The summed E-state index contributed by atoms with van der Waals surface area (Å²) in [7, 11) is 1.33. The van der Waals surface area contributed by atoms with Gasteiger partial charge in [-0.2, -0.15) is 0 Å². The Hall–Kier alpha value is -1.83. The summed E-state index contributed by atoms with van der Waals surface area (Å²) in [4.78, 5) is 33.5. The van der Waals surface area contributed by atoms with Gasteiger partial charge in [-0.05, 0) is 13.8 Å². The van der Waals surface area contributed by atoms with Crippen LogP contribution in [0.1, 0.15) is 13.8 Å². The Balaban J connectivity index is 4.23. The molecule has 0 saturated heterocycles. The molecule has 0 aromatic rings. The van der Waals surface area contributed by atoms with Gasteiger partial charge in [0.2, 0.25) is 5.91 Å². The largest absolute Gasteiger partial charge is 0.480 e. The number of methoxy groups -OCH3 is 1. The molecule has 104 valence electrons. The first-order valence-corrected chi connectivity index (χ1v) is 5.48. The van der Waals surface area contributed by atoms with E-state index in [1.165, 1.54) is 14.0 Å². The van der Waals surface area contributed by atoms with Gasteiger partial charge in [0.1, 0.15) is 6.04 Å². The lowest BCUT2D eigenvalue weighted by molar-refractivity contribution is -0.140. The van der Waals surface area contributed by atoms with E-state index >= 15 is 0 Å². The second-order valence-corrected chi connectivity index (χ2v) is 3.58. The average molecular weight is 261 g/mol. The molecule has 0 spiro atoms. The number of hydrogen-bond acceptors (Lipinski definition) is 4. The number of nitrogens with one attached hydrogen (secondary N) is 3. The van der Waals surface area contributed by atoms with Crippen molar-refractivity contribution in [2.24, 2.45) is 0 Å². The van der Waals surface area contributed by atoms with Crippen LogP contribution < -0.4 is 16.0 Å². The zero-order valence-corrected chi connectivity index (χ0v) is 10.6. The summed E-state index contributed by atoms with van der Waals surface area (Å²) in [5.41, 5.74) is 0. The number of hydrogen-bond donors (Lipinski definition) is 4. The summed E-state index contributed by atoms with van der Waals surface area (Å²) in [6, 6.07) is -2.64. The second kappa shape index (κ2) is 8.29. The van der Waals surface area contributed by atoms with E-state index in [4.69, 9.17) is 5.11 Å². The number of carboxylic acids is 1. The Labute approximate surface area is 105 Å². The van der Waals surface area contributed by atoms with Crippen LogP contribution >= 0.6 is 0 Å². The maximum atomic E-state index is 11.4. The summed E-state index contributed by atoms with van der Waals surface area (Å²) in [6.45, 7) is 3.55. The Kier molecular flexibility index (Phi) is 7.45. The van der Waals surface area contributed by atoms with Crippen LogP contribution in [0.15, 0.2) is 0 Å². The molecule has 18 heavy (non-hydrogen) atoms. The summed E-state index contributed by atoms with van der Waals surface area (Å²) in [6.07, 6.45) is 0. The summed E-state index contributed by atoms with van der Waals surface area (Å²) < 4.78 is 4.65. The molecule has 0 aromatic carbocycles. The van der Waals surface area contributed by atoms with Gasteiger partial charge in [0.25, 0.3) is 0 Å². The predicted octanol–water partition coefficient (Wildman–Crippen LogP) is -1.09. The maximum absolute atomic E-state index is 11.4. The van der Waals surface area contributed by atoms with E-state index in [2.05, 4.69) is 20.7 Å². The van der Waals surface area contributed by atoms with Crippen molar-refractivity contribution in [2.45, 2.75) is 25.9 Å². The molecule has 8 nitrogen and oxygen atoms in total. The lowest BCUT2D eigenvalue weighted by Gasteiger charge is -2.17. The first kappa shape index (κ1) is 16.2. The van der Waals surface area contributed by atoms with Gasteiger partial charge in [-0.25, -0.2) is 9.59 Å². The minimum atomic E-state index is -1.21. The lowest BCUT2D eigenvalue weighted by Crippen LogP contribution is -2.53. The molecule has 0 fully saturated rings. The molecule has 2 atom stereocenters. The number of likely N-dealkylation sites (N-methyl/N-ethyl adjacent to an activating group) is 1. The van der Waals surface area contributed by atoms with E-state index in [9.17, 15) is 14.4 Å². The number of urea groups is 1. The number of ether oxygens (including phenoxy) is 1. The Bertz CT molecular complexity index is 308. The smallest absolute Gasteiger partial charge is 0.328 e. The van der Waals surface area contributed by atoms with Crippen LogP contribution in [-0.4, -0.2) is 55.4 Å². The van der Waals surface area contributed by atoms with Crippen LogP contribution in [0.3, 0.4) is 0 Å². The normalized spacial score (nSPS) is 13.3. The van der Waals surface area contributed by atoms with Crippen molar-refractivity contribution < 1.29 is 24.2 Å². The van der Waals surface area contributed by atoms with Crippen molar-refractivity contribution in [2.75, 3.05) is 20.3 Å². The lowest BCUT2D eigenvalue weighted by atomic mass is 10.3. The van der Waals surface area contributed by atoms with Crippen molar-refractivity contribution in [3.05, 3.63) is 0 Å². The Morgan fingerprint density at radius 3 is 2.33 bits per heavy atom. The topological polar surface area (TPSA) is 117 Å². The maximum Gasteiger partial charge on any atom is 0.328 e. The van der Waals surface area contributed by atoms with Crippen LogP contribution in [0.5, 0.6) is 0 Å². The van der Waals surface area contributed by atoms with Crippen molar-refractivity contribution in [3.8, 4) is 0 Å². The van der Waals surface area contributed by atoms with Gasteiger partial charge in [-0.1, -0.05) is 0 Å². The molecule has 0 aliphatic heterocycles. The quantitative estimate of drug-likeness (QED) is 0.464. The number of aliphatic carboxylic acids is 1. The van der Waals surface area contributed by atoms with Gasteiger partial charge in [0, 0.05) is 13.7 Å². The van der Waals surface area contributed by atoms with E-state index in [1.807, 2.05) is 0 Å². The zero-order chi connectivity index (χ0) is 14.1. The van der Waals surface area contributed by atoms with E-state index in [-0.39, 0.29) is 12.5 Å². The molecular weight excluding hydrogens is 242 g/mol. The number of amides is 3. The molecule has 2 unspecified atom stereocenters. The van der Waals surface area contributed by atoms with Crippen LogP contribution in [0, 0.1) is 0 Å². The van der Waals surface area contributed by atoms with Crippen LogP contribution in [0.25, 0.3) is 0 Å². The first-order chi connectivity index (χ1) is 8.42. The SMILES string of the molecule is CCNC(=O)C(C)NC(=O)NC(COC)C(=O)O. The fourth-order valence-corrected chi connectivity index (χ4v) is 1.13. The standard InChI is InChI=1S/C10H19N3O5/c1-4-11-8(14)6(2)12-10(17)13-7(5-18-3)9(15)16/h6-7H,4-5H2,1-3H3,(H,11,14)(H,15,16)(H2,12,13,17). The Morgan fingerprint density at radius 1 is 1.28 bits per heavy atom. The van der Waals surface area contributed by atoms with Crippen molar-refractivity contribution >= 4 is 17.9 Å². The average Bonchev–Trinajstić information content (AvgIpc) is 2.28. The molecule has 3 amide bonds.